The minimum atomic E-state index is -0.695. The Hall–Kier alpha value is -0.120. The first-order valence-corrected chi connectivity index (χ1v) is 6.03. The van der Waals surface area contributed by atoms with Gasteiger partial charge in [-0.15, -0.1) is 0 Å². The fraction of sp³-hybridized carbons (Fsp3) is 1.00. The lowest BCUT2D eigenvalue weighted by atomic mass is 9.92. The van der Waals surface area contributed by atoms with Crippen LogP contribution in [0, 0.1) is 5.92 Å². The molecule has 0 aromatic carbocycles. The van der Waals surface area contributed by atoms with E-state index in [1.165, 1.54) is 12.8 Å². The van der Waals surface area contributed by atoms with Crippen LogP contribution in [0.3, 0.4) is 0 Å². The largest absolute Gasteiger partial charge is 0.392 e. The summed E-state index contributed by atoms with van der Waals surface area (Å²) in [5.41, 5.74) is -0.695. The molecule has 3 nitrogen and oxygen atoms in total. The fourth-order valence-corrected chi connectivity index (χ4v) is 1.98. The minimum Gasteiger partial charge on any atom is -0.392 e. The molecule has 0 heterocycles. The molecular formula is C12H25NO2. The Labute approximate surface area is 92.9 Å². The highest BCUT2D eigenvalue weighted by atomic mass is 16.3. The van der Waals surface area contributed by atoms with Crippen LogP contribution in [0.1, 0.15) is 46.5 Å². The lowest BCUT2D eigenvalue weighted by Gasteiger charge is -2.26. The van der Waals surface area contributed by atoms with Crippen molar-refractivity contribution in [3.05, 3.63) is 0 Å². The SMILES string of the molecule is CC(C)NC[C@@H](O)C[C@@](C)(O)CC1CC1. The third-order valence-electron chi connectivity index (χ3n) is 2.86. The molecule has 1 fully saturated rings. The Balaban J connectivity index is 2.18. The van der Waals surface area contributed by atoms with E-state index in [1.54, 1.807) is 0 Å². The number of aliphatic hydroxyl groups excluding tert-OH is 1. The Morgan fingerprint density at radius 3 is 2.47 bits per heavy atom. The molecule has 0 unspecified atom stereocenters. The number of aliphatic hydroxyl groups is 2. The first kappa shape index (κ1) is 12.9. The summed E-state index contributed by atoms with van der Waals surface area (Å²) in [6.45, 7) is 6.51. The van der Waals surface area contributed by atoms with Gasteiger partial charge in [0.2, 0.25) is 0 Å². The second kappa shape index (κ2) is 5.28. The van der Waals surface area contributed by atoms with E-state index < -0.39 is 11.7 Å². The highest BCUT2D eigenvalue weighted by Crippen LogP contribution is 2.38. The fourth-order valence-electron chi connectivity index (χ4n) is 1.98. The van der Waals surface area contributed by atoms with Crippen molar-refractivity contribution in [2.45, 2.75) is 64.2 Å². The van der Waals surface area contributed by atoms with Gasteiger partial charge in [-0.3, -0.25) is 0 Å². The lowest BCUT2D eigenvalue weighted by Crippen LogP contribution is -2.38. The molecule has 0 radical (unpaired) electrons. The van der Waals surface area contributed by atoms with Crippen molar-refractivity contribution >= 4 is 0 Å². The Kier molecular flexibility index (Phi) is 4.56. The first-order chi connectivity index (χ1) is 6.89. The Bertz CT molecular complexity index is 188. The summed E-state index contributed by atoms with van der Waals surface area (Å²) in [4.78, 5) is 0. The van der Waals surface area contributed by atoms with Crippen molar-refractivity contribution in [3.8, 4) is 0 Å². The van der Waals surface area contributed by atoms with Gasteiger partial charge < -0.3 is 15.5 Å². The average molecular weight is 215 g/mol. The number of hydrogen-bond acceptors (Lipinski definition) is 3. The molecule has 0 aliphatic heterocycles. The first-order valence-electron chi connectivity index (χ1n) is 6.03. The zero-order valence-corrected chi connectivity index (χ0v) is 10.2. The lowest BCUT2D eigenvalue weighted by molar-refractivity contribution is -0.00644. The second-order valence-corrected chi connectivity index (χ2v) is 5.57. The maximum Gasteiger partial charge on any atom is 0.0691 e. The number of rotatable bonds is 7. The standard InChI is InChI=1S/C12H25NO2/c1-9(2)13-8-11(14)7-12(3,15)6-10-4-5-10/h9-11,13-15H,4-8H2,1-3H3/t11-,12-/m0/s1. The average Bonchev–Trinajstić information content (AvgIpc) is 2.82. The van der Waals surface area contributed by atoms with E-state index in [1.807, 2.05) is 6.92 Å². The highest BCUT2D eigenvalue weighted by Gasteiger charge is 2.33. The number of hydrogen-bond donors (Lipinski definition) is 3. The van der Waals surface area contributed by atoms with Crippen LogP contribution >= 0.6 is 0 Å². The highest BCUT2D eigenvalue weighted by molar-refractivity contribution is 4.86. The smallest absolute Gasteiger partial charge is 0.0691 e. The van der Waals surface area contributed by atoms with Crippen molar-refractivity contribution in [1.82, 2.24) is 5.32 Å². The summed E-state index contributed by atoms with van der Waals surface area (Å²) in [7, 11) is 0. The van der Waals surface area contributed by atoms with E-state index in [-0.39, 0.29) is 0 Å². The van der Waals surface area contributed by atoms with Crippen LogP contribution in [0.2, 0.25) is 0 Å². The molecule has 0 bridgehead atoms. The van der Waals surface area contributed by atoms with Gasteiger partial charge in [-0.2, -0.15) is 0 Å². The maximum absolute atomic E-state index is 10.1. The van der Waals surface area contributed by atoms with Crippen molar-refractivity contribution in [3.63, 3.8) is 0 Å². The molecule has 3 N–H and O–H groups in total. The van der Waals surface area contributed by atoms with Gasteiger partial charge in [0.1, 0.15) is 0 Å². The van der Waals surface area contributed by atoms with Crippen LogP contribution in [-0.2, 0) is 0 Å². The molecule has 0 saturated heterocycles. The van der Waals surface area contributed by atoms with Gasteiger partial charge in [0, 0.05) is 19.0 Å². The molecule has 0 amide bonds. The summed E-state index contributed by atoms with van der Waals surface area (Å²) in [5, 5.41) is 23.0. The maximum atomic E-state index is 10.1. The van der Waals surface area contributed by atoms with Crippen LogP contribution in [0.25, 0.3) is 0 Å². The van der Waals surface area contributed by atoms with E-state index in [9.17, 15) is 10.2 Å². The molecular weight excluding hydrogens is 190 g/mol. The summed E-state index contributed by atoms with van der Waals surface area (Å²) in [6.07, 6.45) is 3.36. The van der Waals surface area contributed by atoms with E-state index in [0.717, 1.165) is 6.42 Å². The molecule has 1 rings (SSSR count). The Morgan fingerprint density at radius 2 is 2.00 bits per heavy atom. The number of nitrogens with one attached hydrogen (secondary N) is 1. The summed E-state index contributed by atoms with van der Waals surface area (Å²) in [6, 6.07) is 0.382. The van der Waals surface area contributed by atoms with Gasteiger partial charge in [0.25, 0.3) is 0 Å². The van der Waals surface area contributed by atoms with Gasteiger partial charge in [0.15, 0.2) is 0 Å². The van der Waals surface area contributed by atoms with Crippen LogP contribution in [-0.4, -0.2) is 34.5 Å². The van der Waals surface area contributed by atoms with Crippen LogP contribution < -0.4 is 5.32 Å². The topological polar surface area (TPSA) is 52.5 Å². The predicted molar refractivity (Wildman–Crippen MR) is 61.7 cm³/mol. The molecule has 1 saturated carbocycles. The molecule has 3 heteroatoms. The monoisotopic (exact) mass is 215 g/mol. The normalized spacial score (nSPS) is 22.8. The quantitative estimate of drug-likeness (QED) is 0.600. The Morgan fingerprint density at radius 1 is 1.40 bits per heavy atom. The van der Waals surface area contributed by atoms with Crippen molar-refractivity contribution in [2.75, 3.05) is 6.54 Å². The third kappa shape index (κ3) is 6.13. The van der Waals surface area contributed by atoms with Crippen LogP contribution in [0.15, 0.2) is 0 Å². The molecule has 0 aromatic rings. The third-order valence-corrected chi connectivity index (χ3v) is 2.86. The van der Waals surface area contributed by atoms with Gasteiger partial charge >= 0.3 is 0 Å². The summed E-state index contributed by atoms with van der Waals surface area (Å²) in [5.74, 6) is 0.699. The predicted octanol–water partition coefficient (Wildman–Crippen LogP) is 1.29. The molecule has 90 valence electrons. The second-order valence-electron chi connectivity index (χ2n) is 5.57. The van der Waals surface area contributed by atoms with Crippen molar-refractivity contribution in [2.24, 2.45) is 5.92 Å². The van der Waals surface area contributed by atoms with E-state index in [0.29, 0.717) is 24.9 Å². The molecule has 2 atom stereocenters. The van der Waals surface area contributed by atoms with Crippen molar-refractivity contribution < 1.29 is 10.2 Å². The molecule has 0 spiro atoms. The molecule has 0 aromatic heterocycles. The van der Waals surface area contributed by atoms with Crippen LogP contribution in [0.4, 0.5) is 0 Å². The van der Waals surface area contributed by atoms with Crippen molar-refractivity contribution in [1.29, 1.82) is 0 Å². The summed E-state index contributed by atoms with van der Waals surface area (Å²) < 4.78 is 0. The van der Waals surface area contributed by atoms with E-state index in [4.69, 9.17) is 0 Å². The van der Waals surface area contributed by atoms with Crippen LogP contribution in [0.5, 0.6) is 0 Å². The minimum absolute atomic E-state index is 0.382. The van der Waals surface area contributed by atoms with Gasteiger partial charge in [-0.05, 0) is 19.3 Å². The molecule has 1 aliphatic rings. The molecule has 15 heavy (non-hydrogen) atoms. The van der Waals surface area contributed by atoms with E-state index >= 15 is 0 Å². The summed E-state index contributed by atoms with van der Waals surface area (Å²) >= 11 is 0. The van der Waals surface area contributed by atoms with Gasteiger partial charge in [-0.25, -0.2) is 0 Å². The molecule has 1 aliphatic carbocycles. The zero-order chi connectivity index (χ0) is 11.5. The van der Waals surface area contributed by atoms with Gasteiger partial charge in [0.05, 0.1) is 11.7 Å². The van der Waals surface area contributed by atoms with E-state index in [2.05, 4.69) is 19.2 Å². The van der Waals surface area contributed by atoms with Gasteiger partial charge in [-0.1, -0.05) is 26.7 Å². The zero-order valence-electron chi connectivity index (χ0n) is 10.2.